The van der Waals surface area contributed by atoms with Crippen LogP contribution in [0.15, 0.2) is 6.20 Å². The van der Waals surface area contributed by atoms with Crippen molar-refractivity contribution in [3.63, 3.8) is 0 Å². The Kier molecular flexibility index (Phi) is 1.25. The molecule has 0 aliphatic heterocycles. The van der Waals surface area contributed by atoms with Crippen molar-refractivity contribution < 1.29 is 4.79 Å². The smallest absolute Gasteiger partial charge is 0.187 e. The van der Waals surface area contributed by atoms with Crippen molar-refractivity contribution in [3.8, 4) is 0 Å². The summed E-state index contributed by atoms with van der Waals surface area (Å²) in [5.74, 6) is 0.317. The van der Waals surface area contributed by atoms with Crippen molar-refractivity contribution in [1.82, 2.24) is 10.2 Å². The second kappa shape index (κ2) is 2.22. The number of carbonyl (C=O) groups excluding carboxylic acids is 1. The van der Waals surface area contributed by atoms with Crippen LogP contribution in [0.5, 0.6) is 0 Å². The van der Waals surface area contributed by atoms with Crippen LogP contribution in [0.25, 0.3) is 0 Å². The second-order valence-corrected chi connectivity index (χ2v) is 4.23. The number of carbonyl (C=O) groups is 1. The van der Waals surface area contributed by atoms with Crippen LogP contribution in [-0.2, 0) is 6.42 Å². The summed E-state index contributed by atoms with van der Waals surface area (Å²) in [4.78, 5) is 12.0. The fourth-order valence-corrected chi connectivity index (χ4v) is 2.53. The van der Waals surface area contributed by atoms with Gasteiger partial charge in [-0.15, -0.1) is 0 Å². The van der Waals surface area contributed by atoms with Crippen LogP contribution in [0.2, 0.25) is 0 Å². The maximum Gasteiger partial charge on any atom is 0.187 e. The molecule has 1 saturated carbocycles. The van der Waals surface area contributed by atoms with Crippen molar-refractivity contribution in [2.75, 3.05) is 0 Å². The Hall–Kier alpha value is -1.12. The van der Waals surface area contributed by atoms with Gasteiger partial charge < -0.3 is 0 Å². The number of ketones is 1. The zero-order valence-corrected chi connectivity index (χ0v) is 7.47. The Labute approximate surface area is 76.5 Å². The zero-order chi connectivity index (χ0) is 8.89. The molecular formula is C10H12N2O. The zero-order valence-electron chi connectivity index (χ0n) is 7.47. The molecule has 2 aliphatic rings. The lowest BCUT2D eigenvalue weighted by Crippen LogP contribution is -2.41. The number of rotatable bonds is 0. The third-order valence-corrected chi connectivity index (χ3v) is 3.61. The van der Waals surface area contributed by atoms with E-state index in [1.54, 1.807) is 6.20 Å². The SMILES string of the molecule is O=C1c2[nH]ncc2CCC12CCC2. The first kappa shape index (κ1) is 7.30. The Balaban J connectivity index is 2.06. The van der Waals surface area contributed by atoms with Gasteiger partial charge in [0.1, 0.15) is 5.69 Å². The topological polar surface area (TPSA) is 45.8 Å². The van der Waals surface area contributed by atoms with E-state index in [0.717, 1.165) is 36.9 Å². The molecule has 3 heteroatoms. The van der Waals surface area contributed by atoms with Gasteiger partial charge in [-0.1, -0.05) is 6.42 Å². The highest BCUT2D eigenvalue weighted by molar-refractivity contribution is 6.01. The fourth-order valence-electron chi connectivity index (χ4n) is 2.53. The number of nitrogens with one attached hydrogen (secondary N) is 1. The highest BCUT2D eigenvalue weighted by atomic mass is 16.1. The van der Waals surface area contributed by atoms with E-state index in [1.165, 1.54) is 6.42 Å². The number of nitrogens with zero attached hydrogens (tertiary/aromatic N) is 1. The summed E-state index contributed by atoms with van der Waals surface area (Å²) >= 11 is 0. The average Bonchev–Trinajstić information content (AvgIpc) is 2.50. The standard InChI is InChI=1S/C10H12N2O/c13-9-8-7(6-11-12-8)2-5-10(9)3-1-4-10/h6H,1-5H2,(H,11,12). The van der Waals surface area contributed by atoms with E-state index in [1.807, 2.05) is 0 Å². The molecule has 68 valence electrons. The summed E-state index contributed by atoms with van der Waals surface area (Å²) in [5, 5.41) is 6.76. The Morgan fingerprint density at radius 1 is 1.38 bits per heavy atom. The molecule has 1 aromatic rings. The van der Waals surface area contributed by atoms with Crippen LogP contribution in [0.3, 0.4) is 0 Å². The number of fused-ring (bicyclic) bond motifs is 1. The lowest BCUT2D eigenvalue weighted by molar-refractivity contribution is 0.0549. The Bertz CT molecular complexity index is 363. The predicted molar refractivity (Wildman–Crippen MR) is 47.5 cm³/mol. The minimum Gasteiger partial charge on any atom is -0.292 e. The molecule has 1 fully saturated rings. The lowest BCUT2D eigenvalue weighted by Gasteiger charge is -2.42. The van der Waals surface area contributed by atoms with Gasteiger partial charge in [0.15, 0.2) is 5.78 Å². The van der Waals surface area contributed by atoms with E-state index in [0.29, 0.717) is 5.78 Å². The molecule has 0 bridgehead atoms. The summed E-state index contributed by atoms with van der Waals surface area (Å²) in [6.45, 7) is 0. The highest BCUT2D eigenvalue weighted by Gasteiger charge is 2.47. The number of Topliss-reactive ketones (excluding diaryl/α,β-unsaturated/α-hetero) is 1. The minimum atomic E-state index is 0.0134. The molecule has 0 radical (unpaired) electrons. The third-order valence-electron chi connectivity index (χ3n) is 3.61. The van der Waals surface area contributed by atoms with Crippen molar-refractivity contribution >= 4 is 5.78 Å². The maximum atomic E-state index is 12.0. The molecule has 2 aliphatic carbocycles. The number of aromatic amines is 1. The molecular weight excluding hydrogens is 164 g/mol. The molecule has 13 heavy (non-hydrogen) atoms. The van der Waals surface area contributed by atoms with Crippen LogP contribution in [0.4, 0.5) is 0 Å². The molecule has 1 spiro atoms. The molecule has 0 atom stereocenters. The van der Waals surface area contributed by atoms with Gasteiger partial charge in [-0.25, -0.2) is 0 Å². The monoisotopic (exact) mass is 176 g/mol. The van der Waals surface area contributed by atoms with Gasteiger partial charge >= 0.3 is 0 Å². The summed E-state index contributed by atoms with van der Waals surface area (Å²) in [7, 11) is 0. The molecule has 1 aromatic heterocycles. The van der Waals surface area contributed by atoms with Gasteiger partial charge in [0.2, 0.25) is 0 Å². The molecule has 0 amide bonds. The van der Waals surface area contributed by atoms with E-state index >= 15 is 0 Å². The van der Waals surface area contributed by atoms with Crippen LogP contribution in [-0.4, -0.2) is 16.0 Å². The number of H-pyrrole nitrogens is 1. The average molecular weight is 176 g/mol. The van der Waals surface area contributed by atoms with E-state index in [9.17, 15) is 4.79 Å². The summed E-state index contributed by atoms with van der Waals surface area (Å²) < 4.78 is 0. The van der Waals surface area contributed by atoms with Gasteiger partial charge in [-0.05, 0) is 25.7 Å². The normalized spacial score (nSPS) is 24.2. The predicted octanol–water partition coefficient (Wildman–Crippen LogP) is 1.71. The van der Waals surface area contributed by atoms with Crippen molar-refractivity contribution in [2.24, 2.45) is 5.41 Å². The number of aromatic nitrogens is 2. The van der Waals surface area contributed by atoms with Crippen molar-refractivity contribution in [3.05, 3.63) is 17.5 Å². The van der Waals surface area contributed by atoms with Gasteiger partial charge in [0, 0.05) is 11.0 Å². The van der Waals surface area contributed by atoms with E-state index in [2.05, 4.69) is 10.2 Å². The molecule has 0 saturated heterocycles. The Morgan fingerprint density at radius 2 is 2.23 bits per heavy atom. The molecule has 3 rings (SSSR count). The molecule has 0 unspecified atom stereocenters. The van der Waals surface area contributed by atoms with Crippen LogP contribution in [0.1, 0.15) is 41.7 Å². The number of hydrogen-bond acceptors (Lipinski definition) is 2. The van der Waals surface area contributed by atoms with Crippen LogP contribution in [0, 0.1) is 5.41 Å². The molecule has 1 N–H and O–H groups in total. The van der Waals surface area contributed by atoms with Crippen molar-refractivity contribution in [2.45, 2.75) is 32.1 Å². The first-order chi connectivity index (χ1) is 6.32. The molecule has 1 heterocycles. The fraction of sp³-hybridized carbons (Fsp3) is 0.600. The number of aryl methyl sites for hydroxylation is 1. The lowest BCUT2D eigenvalue weighted by atomic mass is 9.60. The van der Waals surface area contributed by atoms with E-state index < -0.39 is 0 Å². The van der Waals surface area contributed by atoms with Crippen molar-refractivity contribution in [1.29, 1.82) is 0 Å². The van der Waals surface area contributed by atoms with Crippen LogP contribution >= 0.6 is 0 Å². The van der Waals surface area contributed by atoms with E-state index in [4.69, 9.17) is 0 Å². The van der Waals surface area contributed by atoms with Gasteiger partial charge in [-0.2, -0.15) is 5.10 Å². The highest BCUT2D eigenvalue weighted by Crippen LogP contribution is 2.49. The van der Waals surface area contributed by atoms with Gasteiger partial charge in [0.05, 0.1) is 6.20 Å². The molecule has 0 aromatic carbocycles. The Morgan fingerprint density at radius 3 is 2.92 bits per heavy atom. The first-order valence-electron chi connectivity index (χ1n) is 4.89. The molecule has 3 nitrogen and oxygen atoms in total. The maximum absolute atomic E-state index is 12.0. The van der Waals surface area contributed by atoms with Crippen LogP contribution < -0.4 is 0 Å². The summed E-state index contributed by atoms with van der Waals surface area (Å²) in [6, 6.07) is 0. The second-order valence-electron chi connectivity index (χ2n) is 4.23. The third kappa shape index (κ3) is 0.794. The first-order valence-corrected chi connectivity index (χ1v) is 4.89. The largest absolute Gasteiger partial charge is 0.292 e. The van der Waals surface area contributed by atoms with Gasteiger partial charge in [-0.3, -0.25) is 9.89 Å². The quantitative estimate of drug-likeness (QED) is 0.654. The summed E-state index contributed by atoms with van der Waals surface area (Å²) in [5.41, 5.74) is 1.91. The summed E-state index contributed by atoms with van der Waals surface area (Å²) in [6.07, 6.45) is 7.25. The van der Waals surface area contributed by atoms with Gasteiger partial charge in [0.25, 0.3) is 0 Å². The number of hydrogen-bond donors (Lipinski definition) is 1. The minimum absolute atomic E-state index is 0.0134. The van der Waals surface area contributed by atoms with E-state index in [-0.39, 0.29) is 5.41 Å².